The molecule has 1 aliphatic rings. The number of carbonyl (C=O) groups excluding carboxylic acids is 2. The normalized spacial score (nSPS) is 15.8. The number of nitrogens with zero attached hydrogens (tertiary/aromatic N) is 3. The lowest BCUT2D eigenvalue weighted by Gasteiger charge is -2.32. The number of guanidine groups is 1. The van der Waals surface area contributed by atoms with Gasteiger partial charge in [-0.15, -0.1) is 0 Å². The van der Waals surface area contributed by atoms with Crippen LogP contribution in [0.3, 0.4) is 0 Å². The maximum atomic E-state index is 11.9. The number of hydrogen-bond acceptors (Lipinski definition) is 4. The smallest absolute Gasteiger partial charge is 0.241 e. The first-order valence-electron chi connectivity index (χ1n) is 9.69. The predicted octanol–water partition coefficient (Wildman–Crippen LogP) is 0.0204. The average molecular weight is 389 g/mol. The number of likely N-dealkylation sites (tertiary alicyclic amines) is 1. The van der Waals surface area contributed by atoms with Gasteiger partial charge in [-0.2, -0.15) is 0 Å². The Bertz CT molecular complexity index is 654. The van der Waals surface area contributed by atoms with Crippen LogP contribution in [0.4, 0.5) is 0 Å². The first-order valence-corrected chi connectivity index (χ1v) is 9.69. The molecule has 1 aliphatic heterocycles. The highest BCUT2D eigenvalue weighted by Gasteiger charge is 2.21. The van der Waals surface area contributed by atoms with Gasteiger partial charge in [-0.1, -0.05) is 30.3 Å². The van der Waals surface area contributed by atoms with Gasteiger partial charge in [-0.3, -0.25) is 14.5 Å². The van der Waals surface area contributed by atoms with Gasteiger partial charge in [-0.25, -0.2) is 4.99 Å². The van der Waals surface area contributed by atoms with Crippen molar-refractivity contribution in [3.8, 4) is 0 Å². The SMILES string of the molecule is CNC(=O)CN1CCC(NC(=NCc2ccccc2)NCC(=O)N(C)C)CC1. The van der Waals surface area contributed by atoms with E-state index in [1.807, 2.05) is 30.3 Å². The summed E-state index contributed by atoms with van der Waals surface area (Å²) in [4.78, 5) is 31.8. The van der Waals surface area contributed by atoms with E-state index in [1.165, 1.54) is 0 Å². The maximum absolute atomic E-state index is 11.9. The summed E-state index contributed by atoms with van der Waals surface area (Å²) in [6, 6.07) is 10.3. The summed E-state index contributed by atoms with van der Waals surface area (Å²) >= 11 is 0. The second kappa shape index (κ2) is 11.3. The Morgan fingerprint density at radius 2 is 1.86 bits per heavy atom. The molecule has 8 nitrogen and oxygen atoms in total. The summed E-state index contributed by atoms with van der Waals surface area (Å²) in [5, 5.41) is 9.25. The van der Waals surface area contributed by atoms with Crippen molar-refractivity contribution in [3.05, 3.63) is 35.9 Å². The van der Waals surface area contributed by atoms with Gasteiger partial charge in [0.2, 0.25) is 11.8 Å². The third kappa shape index (κ3) is 7.56. The predicted molar refractivity (Wildman–Crippen MR) is 111 cm³/mol. The highest BCUT2D eigenvalue weighted by molar-refractivity contribution is 5.86. The van der Waals surface area contributed by atoms with Gasteiger partial charge in [-0.05, 0) is 18.4 Å². The Morgan fingerprint density at radius 1 is 1.18 bits per heavy atom. The van der Waals surface area contributed by atoms with Crippen LogP contribution >= 0.6 is 0 Å². The molecule has 154 valence electrons. The summed E-state index contributed by atoms with van der Waals surface area (Å²) in [7, 11) is 5.13. The van der Waals surface area contributed by atoms with Crippen LogP contribution in [0.2, 0.25) is 0 Å². The molecule has 0 aliphatic carbocycles. The van der Waals surface area contributed by atoms with Gasteiger partial charge in [0.05, 0.1) is 19.6 Å². The van der Waals surface area contributed by atoms with Crippen LogP contribution in [0.1, 0.15) is 18.4 Å². The molecule has 1 fully saturated rings. The lowest BCUT2D eigenvalue weighted by atomic mass is 10.1. The largest absolute Gasteiger partial charge is 0.358 e. The standard InChI is InChI=1S/C20H32N6O2/c1-21-18(27)15-26-11-9-17(10-12-26)24-20(23-14-19(28)25(2)3)22-13-16-7-5-4-6-8-16/h4-8,17H,9-15H2,1-3H3,(H,21,27)(H2,22,23,24). The monoisotopic (exact) mass is 388 g/mol. The van der Waals surface area contributed by atoms with Gasteiger partial charge >= 0.3 is 0 Å². The second-order valence-electron chi connectivity index (χ2n) is 7.16. The Morgan fingerprint density at radius 3 is 2.46 bits per heavy atom. The molecular weight excluding hydrogens is 356 g/mol. The second-order valence-corrected chi connectivity index (χ2v) is 7.16. The molecule has 2 rings (SSSR count). The highest BCUT2D eigenvalue weighted by atomic mass is 16.2. The molecule has 0 aromatic heterocycles. The Balaban J connectivity index is 1.91. The lowest BCUT2D eigenvalue weighted by molar-refractivity contribution is -0.127. The molecule has 1 heterocycles. The third-order valence-corrected chi connectivity index (χ3v) is 4.74. The van der Waals surface area contributed by atoms with Crippen LogP contribution in [0, 0.1) is 0 Å². The van der Waals surface area contributed by atoms with E-state index in [9.17, 15) is 9.59 Å². The number of nitrogens with one attached hydrogen (secondary N) is 3. The topological polar surface area (TPSA) is 89.1 Å². The first kappa shape index (κ1) is 21.7. The highest BCUT2D eigenvalue weighted by Crippen LogP contribution is 2.10. The van der Waals surface area contributed by atoms with Crippen molar-refractivity contribution >= 4 is 17.8 Å². The van der Waals surface area contributed by atoms with E-state index >= 15 is 0 Å². The van der Waals surface area contributed by atoms with Gasteiger partial charge in [0, 0.05) is 40.3 Å². The van der Waals surface area contributed by atoms with Crippen LogP contribution in [0.15, 0.2) is 35.3 Å². The zero-order valence-corrected chi connectivity index (χ0v) is 17.1. The molecule has 0 saturated carbocycles. The summed E-state index contributed by atoms with van der Waals surface area (Å²) in [6.07, 6.45) is 1.84. The van der Waals surface area contributed by atoms with E-state index in [-0.39, 0.29) is 24.4 Å². The van der Waals surface area contributed by atoms with Gasteiger partial charge < -0.3 is 20.9 Å². The van der Waals surface area contributed by atoms with Crippen molar-refractivity contribution in [2.24, 2.45) is 4.99 Å². The van der Waals surface area contributed by atoms with Gasteiger partial charge in [0.25, 0.3) is 0 Å². The van der Waals surface area contributed by atoms with Crippen molar-refractivity contribution in [1.82, 2.24) is 25.8 Å². The van der Waals surface area contributed by atoms with Crippen LogP contribution in [0.25, 0.3) is 0 Å². The zero-order valence-electron chi connectivity index (χ0n) is 17.1. The summed E-state index contributed by atoms with van der Waals surface area (Å²) in [6.45, 7) is 2.89. The molecule has 0 spiro atoms. The maximum Gasteiger partial charge on any atom is 0.241 e. The number of aliphatic imine (C=N–C) groups is 1. The van der Waals surface area contributed by atoms with Crippen molar-refractivity contribution < 1.29 is 9.59 Å². The molecule has 0 atom stereocenters. The molecule has 0 bridgehead atoms. The molecule has 0 radical (unpaired) electrons. The van der Waals surface area contributed by atoms with Crippen molar-refractivity contribution in [1.29, 1.82) is 0 Å². The first-order chi connectivity index (χ1) is 13.5. The minimum absolute atomic E-state index is 0.00499. The Kier molecular flexibility index (Phi) is 8.74. The van der Waals surface area contributed by atoms with E-state index in [4.69, 9.17) is 0 Å². The van der Waals surface area contributed by atoms with Crippen molar-refractivity contribution in [2.45, 2.75) is 25.4 Å². The van der Waals surface area contributed by atoms with Crippen LogP contribution in [-0.4, -0.2) is 80.9 Å². The number of hydrogen-bond donors (Lipinski definition) is 3. The number of likely N-dealkylation sites (N-methyl/N-ethyl adjacent to an activating group) is 2. The van der Waals surface area contributed by atoms with E-state index in [0.29, 0.717) is 19.0 Å². The number of carbonyl (C=O) groups is 2. The fraction of sp³-hybridized carbons (Fsp3) is 0.550. The van der Waals surface area contributed by atoms with Crippen LogP contribution < -0.4 is 16.0 Å². The molecule has 2 amide bonds. The Hall–Kier alpha value is -2.61. The minimum Gasteiger partial charge on any atom is -0.358 e. The van der Waals surface area contributed by atoms with Crippen molar-refractivity contribution in [2.75, 3.05) is 47.3 Å². The molecule has 0 unspecified atom stereocenters. The van der Waals surface area contributed by atoms with E-state index in [2.05, 4.69) is 25.8 Å². The van der Waals surface area contributed by atoms with Crippen LogP contribution in [0.5, 0.6) is 0 Å². The van der Waals surface area contributed by atoms with Gasteiger partial charge in [0.1, 0.15) is 0 Å². The Labute approximate surface area is 167 Å². The fourth-order valence-corrected chi connectivity index (χ4v) is 2.93. The number of rotatable bonds is 7. The number of piperidine rings is 1. The lowest BCUT2D eigenvalue weighted by Crippen LogP contribution is -2.51. The molecule has 1 aromatic carbocycles. The molecule has 1 saturated heterocycles. The third-order valence-electron chi connectivity index (χ3n) is 4.74. The number of benzene rings is 1. The fourth-order valence-electron chi connectivity index (χ4n) is 2.93. The molecule has 3 N–H and O–H groups in total. The van der Waals surface area contributed by atoms with E-state index in [1.54, 1.807) is 26.0 Å². The summed E-state index contributed by atoms with van der Waals surface area (Å²) in [5.74, 6) is 0.679. The quantitative estimate of drug-likeness (QED) is 0.453. The average Bonchev–Trinajstić information content (AvgIpc) is 2.71. The number of amides is 2. The molecular formula is C20H32N6O2. The molecule has 1 aromatic rings. The zero-order chi connectivity index (χ0) is 20.4. The molecule has 28 heavy (non-hydrogen) atoms. The van der Waals surface area contributed by atoms with Crippen molar-refractivity contribution in [3.63, 3.8) is 0 Å². The van der Waals surface area contributed by atoms with E-state index in [0.717, 1.165) is 31.5 Å². The minimum atomic E-state index is -0.00499. The summed E-state index contributed by atoms with van der Waals surface area (Å²) < 4.78 is 0. The van der Waals surface area contributed by atoms with Crippen LogP contribution in [-0.2, 0) is 16.1 Å². The van der Waals surface area contributed by atoms with E-state index < -0.39 is 0 Å². The summed E-state index contributed by atoms with van der Waals surface area (Å²) in [5.41, 5.74) is 1.11. The van der Waals surface area contributed by atoms with Gasteiger partial charge in [0.15, 0.2) is 5.96 Å². The molecule has 8 heteroatoms.